The van der Waals surface area contributed by atoms with Crippen molar-refractivity contribution >= 4 is 11.9 Å². The molecule has 0 aromatic rings. The molecule has 1 aliphatic heterocycles. The van der Waals surface area contributed by atoms with Crippen molar-refractivity contribution in [2.45, 2.75) is 58.3 Å². The van der Waals surface area contributed by atoms with Crippen LogP contribution in [0, 0.1) is 17.8 Å². The van der Waals surface area contributed by atoms with Crippen molar-refractivity contribution in [3.8, 4) is 0 Å². The van der Waals surface area contributed by atoms with Crippen molar-refractivity contribution < 1.29 is 24.2 Å². The lowest BCUT2D eigenvalue weighted by Gasteiger charge is -2.34. The summed E-state index contributed by atoms with van der Waals surface area (Å²) in [6.45, 7) is 11.1. The third kappa shape index (κ3) is 2.84. The number of rotatable bonds is 2. The predicted octanol–water partition coefficient (Wildman–Crippen LogP) is 2.70. The molecule has 1 N–H and O–H groups in total. The third-order valence-corrected chi connectivity index (χ3v) is 6.10. The lowest BCUT2D eigenvalue weighted by Crippen LogP contribution is -2.40. The Morgan fingerprint density at radius 2 is 2.16 bits per heavy atom. The molecule has 1 saturated carbocycles. The van der Waals surface area contributed by atoms with Gasteiger partial charge in [0.25, 0.3) is 0 Å². The molecule has 0 radical (unpaired) electrons. The first-order valence-corrected chi connectivity index (χ1v) is 8.80. The first-order chi connectivity index (χ1) is 11.7. The summed E-state index contributed by atoms with van der Waals surface area (Å²) in [6.07, 6.45) is 3.69. The maximum atomic E-state index is 12.3. The van der Waals surface area contributed by atoms with Crippen molar-refractivity contribution in [1.29, 1.82) is 0 Å². The van der Waals surface area contributed by atoms with Gasteiger partial charge < -0.3 is 14.6 Å². The van der Waals surface area contributed by atoms with Gasteiger partial charge in [0.15, 0.2) is 0 Å². The lowest BCUT2D eigenvalue weighted by molar-refractivity contribution is -0.150. The molecule has 2 fully saturated rings. The second kappa shape index (κ2) is 6.13. The molecular formula is C20H26O5. The smallest absolute Gasteiger partial charge is 0.334 e. The molecule has 2 aliphatic carbocycles. The van der Waals surface area contributed by atoms with E-state index in [1.807, 2.05) is 6.92 Å². The fourth-order valence-electron chi connectivity index (χ4n) is 4.53. The van der Waals surface area contributed by atoms with E-state index in [1.165, 1.54) is 0 Å². The van der Waals surface area contributed by atoms with E-state index in [2.05, 4.69) is 12.7 Å². The van der Waals surface area contributed by atoms with Crippen molar-refractivity contribution in [2.75, 3.05) is 0 Å². The van der Waals surface area contributed by atoms with Crippen LogP contribution in [-0.2, 0) is 19.1 Å². The van der Waals surface area contributed by atoms with Crippen molar-refractivity contribution in [3.05, 3.63) is 35.5 Å². The Morgan fingerprint density at radius 3 is 2.80 bits per heavy atom. The van der Waals surface area contributed by atoms with Gasteiger partial charge in [-0.25, -0.2) is 9.59 Å². The maximum absolute atomic E-state index is 12.3. The van der Waals surface area contributed by atoms with Gasteiger partial charge in [-0.05, 0) is 34.1 Å². The Morgan fingerprint density at radius 1 is 1.48 bits per heavy atom. The summed E-state index contributed by atoms with van der Waals surface area (Å²) in [5, 5.41) is 11.1. The minimum absolute atomic E-state index is 0.0646. The fraction of sp³-hybridized carbons (Fsp3) is 0.600. The highest BCUT2D eigenvalue weighted by Gasteiger charge is 2.58. The van der Waals surface area contributed by atoms with E-state index in [0.717, 1.165) is 12.0 Å². The van der Waals surface area contributed by atoms with Gasteiger partial charge >= 0.3 is 11.9 Å². The zero-order valence-corrected chi connectivity index (χ0v) is 15.2. The largest absolute Gasteiger partial charge is 0.458 e. The van der Waals surface area contributed by atoms with Crippen LogP contribution in [0.4, 0.5) is 0 Å². The standard InChI is InChI=1S/C20H26O5/c1-6-10(2)18(21)24-14-9-20(5,23)13-8-7-11(3)15(13)17-16(14)12(4)19(22)25-17/h6-7,13-17,23H,4,8-9H2,1-3,5H3/b10-6-/t13-,14+,15+,16+,17+,20+/m0/s1. The molecule has 3 aliphatic rings. The van der Waals surface area contributed by atoms with Gasteiger partial charge in [0, 0.05) is 29.4 Å². The summed E-state index contributed by atoms with van der Waals surface area (Å²) >= 11 is 0. The van der Waals surface area contributed by atoms with Crippen LogP contribution < -0.4 is 0 Å². The second-order valence-corrected chi connectivity index (χ2v) is 7.71. The van der Waals surface area contributed by atoms with Gasteiger partial charge in [0.2, 0.25) is 0 Å². The Bertz CT molecular complexity index is 684. The van der Waals surface area contributed by atoms with E-state index in [0.29, 0.717) is 11.1 Å². The van der Waals surface area contributed by atoms with E-state index in [1.54, 1.807) is 26.8 Å². The van der Waals surface area contributed by atoms with Crippen LogP contribution in [0.15, 0.2) is 35.5 Å². The second-order valence-electron chi connectivity index (χ2n) is 7.71. The minimum atomic E-state index is -1.02. The topological polar surface area (TPSA) is 72.8 Å². The van der Waals surface area contributed by atoms with E-state index in [4.69, 9.17) is 9.47 Å². The summed E-state index contributed by atoms with van der Waals surface area (Å²) in [7, 11) is 0. The molecule has 0 aromatic heterocycles. The zero-order valence-electron chi connectivity index (χ0n) is 15.2. The molecule has 1 saturated heterocycles. The highest BCUT2D eigenvalue weighted by molar-refractivity contribution is 5.91. The zero-order chi connectivity index (χ0) is 18.5. The molecule has 1 heterocycles. The average molecular weight is 346 g/mol. The van der Waals surface area contributed by atoms with Crippen LogP contribution in [0.25, 0.3) is 0 Å². The van der Waals surface area contributed by atoms with Gasteiger partial charge in [-0.3, -0.25) is 0 Å². The predicted molar refractivity (Wildman–Crippen MR) is 92.4 cm³/mol. The van der Waals surface area contributed by atoms with Crippen LogP contribution in [-0.4, -0.2) is 34.9 Å². The van der Waals surface area contributed by atoms with Crippen molar-refractivity contribution in [2.24, 2.45) is 17.8 Å². The normalized spacial score (nSPS) is 40.8. The lowest BCUT2D eigenvalue weighted by atomic mass is 9.76. The van der Waals surface area contributed by atoms with Crippen LogP contribution in [0.2, 0.25) is 0 Å². The van der Waals surface area contributed by atoms with Gasteiger partial charge in [0.1, 0.15) is 12.2 Å². The van der Waals surface area contributed by atoms with Crippen molar-refractivity contribution in [3.63, 3.8) is 0 Å². The van der Waals surface area contributed by atoms with Gasteiger partial charge in [-0.15, -0.1) is 0 Å². The van der Waals surface area contributed by atoms with Crippen LogP contribution in [0.3, 0.4) is 0 Å². The number of carbonyl (C=O) groups is 2. The number of allylic oxidation sites excluding steroid dienone is 2. The van der Waals surface area contributed by atoms with Crippen molar-refractivity contribution in [1.82, 2.24) is 0 Å². The van der Waals surface area contributed by atoms with E-state index >= 15 is 0 Å². The SMILES string of the molecule is C=C1C(=O)O[C@H]2[C@H]1[C@H](OC(=O)/C(C)=C\C)C[C@@](C)(O)[C@H]1CC=C(C)[C@@H]21. The Labute approximate surface area is 148 Å². The van der Waals surface area contributed by atoms with Crippen LogP contribution in [0.1, 0.15) is 40.5 Å². The summed E-state index contributed by atoms with van der Waals surface area (Å²) in [4.78, 5) is 24.5. The summed E-state index contributed by atoms with van der Waals surface area (Å²) < 4.78 is 11.4. The molecule has 0 aromatic carbocycles. The first kappa shape index (κ1) is 17.9. The van der Waals surface area contributed by atoms with E-state index in [9.17, 15) is 14.7 Å². The number of hydrogen-bond acceptors (Lipinski definition) is 5. The molecule has 0 unspecified atom stereocenters. The Balaban J connectivity index is 2.01. The summed E-state index contributed by atoms with van der Waals surface area (Å²) in [5.74, 6) is -1.43. The summed E-state index contributed by atoms with van der Waals surface area (Å²) in [6, 6.07) is 0. The molecule has 0 amide bonds. The molecule has 25 heavy (non-hydrogen) atoms. The maximum Gasteiger partial charge on any atom is 0.334 e. The fourth-order valence-corrected chi connectivity index (χ4v) is 4.53. The highest BCUT2D eigenvalue weighted by atomic mass is 16.6. The number of carbonyl (C=O) groups excluding carboxylic acids is 2. The quantitative estimate of drug-likeness (QED) is 0.473. The molecule has 136 valence electrons. The number of ether oxygens (including phenoxy) is 2. The molecule has 0 bridgehead atoms. The molecule has 5 nitrogen and oxygen atoms in total. The molecule has 6 atom stereocenters. The van der Waals surface area contributed by atoms with Gasteiger partial charge in [0.05, 0.1) is 11.5 Å². The first-order valence-electron chi connectivity index (χ1n) is 8.80. The molecule has 0 spiro atoms. The number of fused-ring (bicyclic) bond motifs is 3. The van der Waals surface area contributed by atoms with Crippen LogP contribution in [0.5, 0.6) is 0 Å². The monoisotopic (exact) mass is 346 g/mol. The number of hydrogen-bond donors (Lipinski definition) is 1. The van der Waals surface area contributed by atoms with E-state index < -0.39 is 35.7 Å². The van der Waals surface area contributed by atoms with E-state index in [-0.39, 0.29) is 18.3 Å². The molecule has 5 heteroatoms. The minimum Gasteiger partial charge on any atom is -0.458 e. The third-order valence-electron chi connectivity index (χ3n) is 6.10. The van der Waals surface area contributed by atoms with Gasteiger partial charge in [-0.2, -0.15) is 0 Å². The van der Waals surface area contributed by atoms with Crippen LogP contribution >= 0.6 is 0 Å². The molecular weight excluding hydrogens is 320 g/mol. The highest BCUT2D eigenvalue weighted by Crippen LogP contribution is 2.52. The van der Waals surface area contributed by atoms with Gasteiger partial charge in [-0.1, -0.05) is 24.3 Å². The average Bonchev–Trinajstić information content (AvgIpc) is 3.03. The number of esters is 2. The Hall–Kier alpha value is -1.88. The Kier molecular flexibility index (Phi) is 4.40. The number of aliphatic hydroxyl groups is 1. The molecule has 3 rings (SSSR count). The summed E-state index contributed by atoms with van der Waals surface area (Å²) in [5.41, 5.74) is 0.911.